The van der Waals surface area contributed by atoms with Crippen molar-refractivity contribution in [3.05, 3.63) is 30.5 Å². The number of aliphatic imine (C=N–C) groups is 1. The van der Waals surface area contributed by atoms with Crippen molar-refractivity contribution in [3.63, 3.8) is 0 Å². The van der Waals surface area contributed by atoms with Crippen molar-refractivity contribution in [3.8, 4) is 0 Å². The Morgan fingerprint density at radius 2 is 2.17 bits per heavy atom. The molecule has 0 aromatic carbocycles. The van der Waals surface area contributed by atoms with Crippen LogP contribution in [0.15, 0.2) is 29.8 Å². The lowest BCUT2D eigenvalue weighted by atomic mass is 10.1. The number of aromatic amines is 1. The van der Waals surface area contributed by atoms with Crippen molar-refractivity contribution < 1.29 is 0 Å². The number of halogens is 1. The van der Waals surface area contributed by atoms with Gasteiger partial charge < -0.3 is 9.88 Å². The Morgan fingerprint density at radius 1 is 1.39 bits per heavy atom. The van der Waals surface area contributed by atoms with Gasteiger partial charge in [0.05, 0.1) is 5.69 Å². The number of H-pyrrole nitrogens is 1. The summed E-state index contributed by atoms with van der Waals surface area (Å²) in [6.07, 6.45) is 7.21. The summed E-state index contributed by atoms with van der Waals surface area (Å²) in [5, 5.41) is 1.00. The summed E-state index contributed by atoms with van der Waals surface area (Å²) in [6.45, 7) is 0. The molecule has 2 aromatic rings. The van der Waals surface area contributed by atoms with Crippen molar-refractivity contribution in [2.24, 2.45) is 4.99 Å². The number of allylic oxidation sites excluding steroid dienone is 1. The van der Waals surface area contributed by atoms with E-state index in [1.165, 1.54) is 0 Å². The molecule has 0 bridgehead atoms. The maximum Gasteiger partial charge on any atom is 0.141 e. The van der Waals surface area contributed by atoms with Crippen molar-refractivity contribution in [1.82, 2.24) is 19.9 Å². The Labute approximate surface area is 112 Å². The van der Waals surface area contributed by atoms with E-state index < -0.39 is 0 Å². The molecule has 0 aliphatic carbocycles. The number of nitrogens with one attached hydrogen (secondary N) is 1. The second kappa shape index (κ2) is 6.16. The molecular formula is C12H16ClN5. The Hall–Kier alpha value is -1.88. The summed E-state index contributed by atoms with van der Waals surface area (Å²) in [5.41, 5.74) is 2.68. The van der Waals surface area contributed by atoms with Crippen LogP contribution in [-0.2, 0) is 0 Å². The van der Waals surface area contributed by atoms with Crippen LogP contribution in [0.25, 0.3) is 16.6 Å². The van der Waals surface area contributed by atoms with E-state index in [0.717, 1.165) is 22.3 Å². The third-order valence-electron chi connectivity index (χ3n) is 2.29. The zero-order valence-corrected chi connectivity index (χ0v) is 11.4. The lowest BCUT2D eigenvalue weighted by Gasteiger charge is -2.08. The maximum absolute atomic E-state index is 4.33. The van der Waals surface area contributed by atoms with Gasteiger partial charge in [0.1, 0.15) is 12.0 Å². The monoisotopic (exact) mass is 265 g/mol. The molecule has 0 saturated heterocycles. The molecule has 5 nitrogen and oxygen atoms in total. The number of aromatic nitrogens is 3. The van der Waals surface area contributed by atoms with Gasteiger partial charge in [0.15, 0.2) is 0 Å². The van der Waals surface area contributed by atoms with Gasteiger partial charge in [-0.3, -0.25) is 4.99 Å². The van der Waals surface area contributed by atoms with Crippen LogP contribution >= 0.6 is 12.4 Å². The van der Waals surface area contributed by atoms with Crippen molar-refractivity contribution in [1.29, 1.82) is 0 Å². The highest BCUT2D eigenvalue weighted by molar-refractivity contribution is 6.13. The van der Waals surface area contributed by atoms with Gasteiger partial charge in [0.2, 0.25) is 0 Å². The van der Waals surface area contributed by atoms with Crippen LogP contribution in [-0.4, -0.2) is 47.2 Å². The van der Waals surface area contributed by atoms with Crippen LogP contribution in [0.2, 0.25) is 0 Å². The van der Waals surface area contributed by atoms with Crippen LogP contribution in [0, 0.1) is 0 Å². The molecule has 0 saturated carbocycles. The Balaban J connectivity index is 0.00000162. The molecule has 0 radical (unpaired) electrons. The lowest BCUT2D eigenvalue weighted by Crippen LogP contribution is -2.04. The largest absolute Gasteiger partial charge is 0.383 e. The molecule has 0 atom stereocenters. The first-order valence-corrected chi connectivity index (χ1v) is 5.31. The quantitative estimate of drug-likeness (QED) is 0.864. The predicted octanol–water partition coefficient (Wildman–Crippen LogP) is 1.98. The second-order valence-corrected chi connectivity index (χ2v) is 3.90. The molecule has 0 aliphatic heterocycles. The molecule has 1 N–H and O–H groups in total. The molecular weight excluding hydrogens is 250 g/mol. The van der Waals surface area contributed by atoms with E-state index in [9.17, 15) is 0 Å². The number of nitrogens with zero attached hydrogens (tertiary/aromatic N) is 4. The number of hydrogen-bond donors (Lipinski definition) is 1. The van der Waals surface area contributed by atoms with Crippen molar-refractivity contribution in [2.45, 2.75) is 0 Å². The molecule has 0 spiro atoms. The molecule has 0 amide bonds. The summed E-state index contributed by atoms with van der Waals surface area (Å²) in [5.74, 6) is 0. The number of rotatable bonds is 3. The smallest absolute Gasteiger partial charge is 0.141 e. The van der Waals surface area contributed by atoms with Gasteiger partial charge in [0, 0.05) is 50.7 Å². The maximum atomic E-state index is 4.33. The van der Waals surface area contributed by atoms with Crippen LogP contribution in [0.3, 0.4) is 0 Å². The second-order valence-electron chi connectivity index (χ2n) is 3.90. The van der Waals surface area contributed by atoms with E-state index in [-0.39, 0.29) is 12.4 Å². The lowest BCUT2D eigenvalue weighted by molar-refractivity contribution is 0.566. The third-order valence-corrected chi connectivity index (χ3v) is 2.29. The van der Waals surface area contributed by atoms with Crippen molar-refractivity contribution in [2.75, 3.05) is 21.1 Å². The van der Waals surface area contributed by atoms with Gasteiger partial charge in [0.25, 0.3) is 0 Å². The summed E-state index contributed by atoms with van der Waals surface area (Å²) in [7, 11) is 5.69. The van der Waals surface area contributed by atoms with Crippen LogP contribution in [0.1, 0.15) is 5.69 Å². The normalized spacial score (nSPS) is 11.8. The van der Waals surface area contributed by atoms with Gasteiger partial charge in [-0.15, -0.1) is 12.4 Å². The SMILES string of the molecule is C/N=C/C(=CN(C)C)c1ncnc2[nH]ccc12.Cl. The minimum Gasteiger partial charge on any atom is -0.383 e. The molecule has 0 unspecified atom stereocenters. The molecule has 18 heavy (non-hydrogen) atoms. The molecule has 2 rings (SSSR count). The van der Waals surface area contributed by atoms with Gasteiger partial charge >= 0.3 is 0 Å². The minimum absolute atomic E-state index is 0. The van der Waals surface area contributed by atoms with Crippen LogP contribution in [0.5, 0.6) is 0 Å². The number of hydrogen-bond acceptors (Lipinski definition) is 4. The van der Waals surface area contributed by atoms with E-state index >= 15 is 0 Å². The Morgan fingerprint density at radius 3 is 2.83 bits per heavy atom. The Kier molecular flexibility index (Phi) is 4.85. The third kappa shape index (κ3) is 2.87. The zero-order chi connectivity index (χ0) is 12.3. The van der Waals surface area contributed by atoms with Gasteiger partial charge in [-0.1, -0.05) is 0 Å². The Bertz CT molecular complexity index is 571. The van der Waals surface area contributed by atoms with Crippen molar-refractivity contribution >= 4 is 35.2 Å². The summed E-state index contributed by atoms with van der Waals surface area (Å²) in [6, 6.07) is 1.97. The van der Waals surface area contributed by atoms with Gasteiger partial charge in [-0.2, -0.15) is 0 Å². The molecule has 96 valence electrons. The average molecular weight is 266 g/mol. The van der Waals surface area contributed by atoms with E-state index in [2.05, 4.69) is 19.9 Å². The topological polar surface area (TPSA) is 57.2 Å². The fourth-order valence-corrected chi connectivity index (χ4v) is 1.68. The van der Waals surface area contributed by atoms with Gasteiger partial charge in [-0.05, 0) is 6.07 Å². The summed E-state index contributed by atoms with van der Waals surface area (Å²) in [4.78, 5) is 17.6. The zero-order valence-electron chi connectivity index (χ0n) is 10.6. The van der Waals surface area contributed by atoms with E-state index in [0.29, 0.717) is 0 Å². The fourth-order valence-electron chi connectivity index (χ4n) is 1.68. The predicted molar refractivity (Wildman–Crippen MR) is 77.2 cm³/mol. The highest BCUT2D eigenvalue weighted by atomic mass is 35.5. The average Bonchev–Trinajstić information content (AvgIpc) is 2.75. The standard InChI is InChI=1S/C12H15N5.ClH/c1-13-6-9(7-17(2)3)11-10-4-5-14-12(10)16-8-15-11;/h4-8H,1-3H3,(H,14,15,16);1H/b9-7?,13-6+;. The van der Waals surface area contributed by atoms with Gasteiger partial charge in [-0.25, -0.2) is 9.97 Å². The fraction of sp³-hybridized carbons (Fsp3) is 0.250. The van der Waals surface area contributed by atoms with Crippen LogP contribution in [0.4, 0.5) is 0 Å². The van der Waals surface area contributed by atoms with E-state index in [1.54, 1.807) is 19.6 Å². The molecule has 2 heterocycles. The van der Waals surface area contributed by atoms with Crippen LogP contribution < -0.4 is 0 Å². The molecule has 0 aliphatic rings. The molecule has 2 aromatic heterocycles. The first kappa shape index (κ1) is 14.2. The van der Waals surface area contributed by atoms with E-state index in [4.69, 9.17) is 0 Å². The summed E-state index contributed by atoms with van der Waals surface area (Å²) < 4.78 is 0. The first-order valence-electron chi connectivity index (χ1n) is 5.31. The molecule has 6 heteroatoms. The first-order chi connectivity index (χ1) is 8.22. The highest BCUT2D eigenvalue weighted by Gasteiger charge is 2.08. The summed E-state index contributed by atoms with van der Waals surface area (Å²) >= 11 is 0. The minimum atomic E-state index is 0. The molecule has 0 fully saturated rings. The highest BCUT2D eigenvalue weighted by Crippen LogP contribution is 2.19. The van der Waals surface area contributed by atoms with E-state index in [1.807, 2.05) is 37.5 Å². The number of fused-ring (bicyclic) bond motifs is 1.